The van der Waals surface area contributed by atoms with Crippen LogP contribution in [0.1, 0.15) is 15.9 Å². The summed E-state index contributed by atoms with van der Waals surface area (Å²) in [6.45, 7) is 0.0968. The van der Waals surface area contributed by atoms with E-state index in [1.165, 1.54) is 10.9 Å². The van der Waals surface area contributed by atoms with E-state index in [1.807, 2.05) is 36.4 Å². The van der Waals surface area contributed by atoms with Crippen LogP contribution >= 0.6 is 11.6 Å². The third kappa shape index (κ3) is 4.49. The molecule has 1 aliphatic heterocycles. The van der Waals surface area contributed by atoms with Crippen molar-refractivity contribution in [3.8, 4) is 28.6 Å². The van der Waals surface area contributed by atoms with E-state index >= 15 is 0 Å². The third-order valence-electron chi connectivity index (χ3n) is 5.88. The highest BCUT2D eigenvalue weighted by molar-refractivity contribution is 6.31. The van der Waals surface area contributed by atoms with E-state index in [4.69, 9.17) is 30.8 Å². The van der Waals surface area contributed by atoms with Crippen LogP contribution in [0.2, 0.25) is 5.02 Å². The molecule has 186 valence electrons. The Morgan fingerprint density at radius 1 is 0.947 bits per heavy atom. The van der Waals surface area contributed by atoms with E-state index in [0.29, 0.717) is 44.4 Å². The topological polar surface area (TPSA) is 92.0 Å². The maximum absolute atomic E-state index is 13.4. The molecule has 0 fully saturated rings. The van der Waals surface area contributed by atoms with Crippen molar-refractivity contribution in [2.75, 3.05) is 6.79 Å². The zero-order chi connectivity index (χ0) is 26.1. The minimum absolute atomic E-state index is 0.0968. The molecule has 1 aromatic heterocycles. The molecule has 0 N–H and O–H groups in total. The van der Waals surface area contributed by atoms with E-state index in [1.54, 1.807) is 54.6 Å². The van der Waals surface area contributed by atoms with Crippen molar-refractivity contribution >= 4 is 34.7 Å². The van der Waals surface area contributed by atoms with Gasteiger partial charge in [-0.1, -0.05) is 54.1 Å². The first-order chi connectivity index (χ1) is 18.6. The Labute approximate surface area is 221 Å². The molecule has 4 aromatic carbocycles. The lowest BCUT2D eigenvalue weighted by Gasteiger charge is -2.11. The number of hydrogen-bond acceptors (Lipinski definition) is 7. The van der Waals surface area contributed by atoms with E-state index in [2.05, 4.69) is 5.10 Å². The Bertz CT molecular complexity index is 1780. The quantitative estimate of drug-likeness (QED) is 0.170. The number of rotatable bonds is 5. The number of ether oxygens (including phenoxy) is 3. The predicted octanol–water partition coefficient (Wildman–Crippen LogP) is 5.55. The van der Waals surface area contributed by atoms with Crippen molar-refractivity contribution in [1.29, 1.82) is 0 Å². The second-order valence-corrected chi connectivity index (χ2v) is 8.76. The number of para-hydroxylation sites is 1. The molecule has 0 bridgehead atoms. The number of carbonyl (C=O) groups excluding carboxylic acids is 1. The average molecular weight is 524 g/mol. The van der Waals surface area contributed by atoms with Crippen LogP contribution in [-0.4, -0.2) is 28.6 Å². The summed E-state index contributed by atoms with van der Waals surface area (Å²) in [4.78, 5) is 31.0. The molecule has 6 rings (SSSR count). The first-order valence-corrected chi connectivity index (χ1v) is 12.0. The Hall–Kier alpha value is -4.95. The van der Waals surface area contributed by atoms with Crippen molar-refractivity contribution in [3.05, 3.63) is 117 Å². The smallest absolute Gasteiger partial charge is 0.343 e. The van der Waals surface area contributed by atoms with E-state index in [0.717, 1.165) is 0 Å². The number of esters is 1. The molecule has 0 unspecified atom stereocenters. The SMILES string of the molecule is O=C(Oc1ccc(Cl)cc1C=Nn1c(-c2ccccc2)nc2ccccc2c1=O)c1ccc2c(c1)OCO2. The molecule has 0 saturated heterocycles. The molecular weight excluding hydrogens is 506 g/mol. The molecule has 0 amide bonds. The van der Waals surface area contributed by atoms with E-state index < -0.39 is 5.97 Å². The number of nitrogens with zero attached hydrogens (tertiary/aromatic N) is 3. The molecule has 0 spiro atoms. The normalized spacial score (nSPS) is 12.2. The first kappa shape index (κ1) is 23.4. The summed E-state index contributed by atoms with van der Waals surface area (Å²) in [5.74, 6) is 1.00. The van der Waals surface area contributed by atoms with Gasteiger partial charge in [0.25, 0.3) is 5.56 Å². The highest BCUT2D eigenvalue weighted by atomic mass is 35.5. The summed E-state index contributed by atoms with van der Waals surface area (Å²) in [5.41, 5.74) is 1.61. The van der Waals surface area contributed by atoms with Crippen LogP contribution in [0.15, 0.2) is 101 Å². The van der Waals surface area contributed by atoms with Gasteiger partial charge in [0.1, 0.15) is 5.75 Å². The number of carbonyl (C=O) groups is 1. The van der Waals surface area contributed by atoms with Gasteiger partial charge in [0.05, 0.1) is 22.7 Å². The molecule has 0 radical (unpaired) electrons. The molecule has 0 atom stereocenters. The largest absolute Gasteiger partial charge is 0.454 e. The minimum atomic E-state index is -0.602. The van der Waals surface area contributed by atoms with Crippen molar-refractivity contribution in [2.45, 2.75) is 0 Å². The lowest BCUT2D eigenvalue weighted by molar-refractivity contribution is 0.0734. The first-order valence-electron chi connectivity index (χ1n) is 11.6. The molecule has 2 heterocycles. The Morgan fingerprint density at radius 2 is 1.74 bits per heavy atom. The second kappa shape index (κ2) is 9.84. The molecule has 5 aromatic rings. The van der Waals surface area contributed by atoms with Gasteiger partial charge in [0.15, 0.2) is 17.3 Å². The maximum atomic E-state index is 13.4. The standard InChI is InChI=1S/C29H18ClN3O5/c30-21-11-13-24(38-29(35)19-10-12-25-26(15-19)37-17-36-25)20(14-21)16-31-33-27(18-6-2-1-3-7-18)32-23-9-5-4-8-22(23)28(33)34/h1-16H,17H2. The molecular formula is C29H18ClN3O5. The Kier molecular flexibility index (Phi) is 6.07. The van der Waals surface area contributed by atoms with Crippen LogP contribution in [0.4, 0.5) is 0 Å². The number of aromatic nitrogens is 2. The predicted molar refractivity (Wildman–Crippen MR) is 143 cm³/mol. The van der Waals surface area contributed by atoms with Gasteiger partial charge in [0.2, 0.25) is 6.79 Å². The van der Waals surface area contributed by atoms with E-state index in [-0.39, 0.29) is 23.7 Å². The fraction of sp³-hybridized carbons (Fsp3) is 0.0345. The maximum Gasteiger partial charge on any atom is 0.343 e. The number of halogens is 1. The van der Waals surface area contributed by atoms with Crippen LogP contribution in [0.5, 0.6) is 17.2 Å². The Morgan fingerprint density at radius 3 is 2.61 bits per heavy atom. The minimum Gasteiger partial charge on any atom is -0.454 e. The lowest BCUT2D eigenvalue weighted by Crippen LogP contribution is -2.20. The van der Waals surface area contributed by atoms with Crippen molar-refractivity contribution < 1.29 is 19.0 Å². The lowest BCUT2D eigenvalue weighted by atomic mass is 10.2. The highest BCUT2D eigenvalue weighted by Gasteiger charge is 2.19. The summed E-state index contributed by atoms with van der Waals surface area (Å²) in [6.07, 6.45) is 1.42. The van der Waals surface area contributed by atoms with Gasteiger partial charge in [-0.05, 0) is 48.5 Å². The fourth-order valence-corrected chi connectivity index (χ4v) is 4.20. The van der Waals surface area contributed by atoms with Crippen LogP contribution in [0.3, 0.4) is 0 Å². The zero-order valence-electron chi connectivity index (χ0n) is 19.7. The fourth-order valence-electron chi connectivity index (χ4n) is 4.02. The van der Waals surface area contributed by atoms with Gasteiger partial charge >= 0.3 is 5.97 Å². The third-order valence-corrected chi connectivity index (χ3v) is 6.12. The van der Waals surface area contributed by atoms with Crippen molar-refractivity contribution in [3.63, 3.8) is 0 Å². The van der Waals surface area contributed by atoms with Gasteiger partial charge in [-0.3, -0.25) is 4.79 Å². The highest BCUT2D eigenvalue weighted by Crippen LogP contribution is 2.33. The van der Waals surface area contributed by atoms with Crippen LogP contribution in [0.25, 0.3) is 22.3 Å². The average Bonchev–Trinajstić information content (AvgIpc) is 3.42. The zero-order valence-corrected chi connectivity index (χ0v) is 20.5. The summed E-state index contributed by atoms with van der Waals surface area (Å²) in [7, 11) is 0. The van der Waals surface area contributed by atoms with Crippen LogP contribution in [0, 0.1) is 0 Å². The molecule has 38 heavy (non-hydrogen) atoms. The number of fused-ring (bicyclic) bond motifs is 2. The summed E-state index contributed by atoms with van der Waals surface area (Å²) >= 11 is 6.24. The van der Waals surface area contributed by atoms with Gasteiger partial charge in [-0.15, -0.1) is 0 Å². The van der Waals surface area contributed by atoms with Gasteiger partial charge in [-0.25, -0.2) is 9.78 Å². The van der Waals surface area contributed by atoms with Crippen LogP contribution < -0.4 is 19.8 Å². The number of hydrogen-bond donors (Lipinski definition) is 0. The summed E-state index contributed by atoms with van der Waals surface area (Å²) in [5, 5.41) is 5.29. The molecule has 0 aliphatic carbocycles. The van der Waals surface area contributed by atoms with Gasteiger partial charge in [0, 0.05) is 16.1 Å². The Balaban J connectivity index is 1.39. The van der Waals surface area contributed by atoms with Crippen molar-refractivity contribution in [1.82, 2.24) is 9.66 Å². The second-order valence-electron chi connectivity index (χ2n) is 8.32. The summed E-state index contributed by atoms with van der Waals surface area (Å²) < 4.78 is 17.5. The monoisotopic (exact) mass is 523 g/mol. The van der Waals surface area contributed by atoms with Gasteiger partial charge in [-0.2, -0.15) is 9.78 Å². The molecule has 9 heteroatoms. The van der Waals surface area contributed by atoms with E-state index in [9.17, 15) is 9.59 Å². The summed E-state index contributed by atoms with van der Waals surface area (Å²) in [6, 6.07) is 25.9. The molecule has 1 aliphatic rings. The van der Waals surface area contributed by atoms with Crippen molar-refractivity contribution in [2.24, 2.45) is 5.10 Å². The molecule has 0 saturated carbocycles. The van der Waals surface area contributed by atoms with Gasteiger partial charge < -0.3 is 14.2 Å². The van der Waals surface area contributed by atoms with Crippen LogP contribution in [-0.2, 0) is 0 Å². The number of benzene rings is 4. The molecule has 8 nitrogen and oxygen atoms in total.